The molecule has 2 N–H and O–H groups in total. The van der Waals surface area contributed by atoms with Crippen molar-refractivity contribution in [3.05, 3.63) is 42.4 Å². The number of benzene rings is 1. The van der Waals surface area contributed by atoms with E-state index < -0.39 is 6.09 Å². The van der Waals surface area contributed by atoms with E-state index in [0.717, 1.165) is 48.9 Å². The van der Waals surface area contributed by atoms with Crippen molar-refractivity contribution in [2.45, 2.75) is 38.3 Å². The number of aromatic nitrogens is 3. The third-order valence-corrected chi connectivity index (χ3v) is 6.22. The molecule has 1 amide bonds. The number of carbonyl (C=O) groups is 1. The van der Waals surface area contributed by atoms with Crippen molar-refractivity contribution in [2.75, 3.05) is 19.7 Å². The maximum Gasteiger partial charge on any atom is 0.407 e. The van der Waals surface area contributed by atoms with Crippen molar-refractivity contribution in [3.8, 4) is 11.1 Å². The van der Waals surface area contributed by atoms with Crippen LogP contribution in [0.3, 0.4) is 0 Å². The molecule has 0 saturated carbocycles. The summed E-state index contributed by atoms with van der Waals surface area (Å²) in [6.07, 6.45) is 10.4. The van der Waals surface area contributed by atoms with E-state index in [2.05, 4.69) is 40.7 Å². The second-order valence-corrected chi connectivity index (χ2v) is 8.19. The molecule has 7 nitrogen and oxygen atoms in total. The molecule has 0 aliphatic carbocycles. The zero-order chi connectivity index (χ0) is 19.8. The zero-order valence-electron chi connectivity index (χ0n) is 16.4. The summed E-state index contributed by atoms with van der Waals surface area (Å²) >= 11 is 0. The molecule has 4 heterocycles. The largest absolute Gasteiger partial charge is 0.465 e. The normalized spacial score (nSPS) is 22.4. The summed E-state index contributed by atoms with van der Waals surface area (Å²) in [5.74, 6) is 0.375. The van der Waals surface area contributed by atoms with Gasteiger partial charge in [-0.3, -0.25) is 0 Å². The van der Waals surface area contributed by atoms with Gasteiger partial charge in [-0.1, -0.05) is 6.07 Å². The Morgan fingerprint density at radius 1 is 1.28 bits per heavy atom. The predicted molar refractivity (Wildman–Crippen MR) is 110 cm³/mol. The summed E-state index contributed by atoms with van der Waals surface area (Å²) < 4.78 is 7.78. The fourth-order valence-corrected chi connectivity index (χ4v) is 4.59. The van der Waals surface area contributed by atoms with Crippen LogP contribution in [0.4, 0.5) is 4.79 Å². The highest BCUT2D eigenvalue weighted by Gasteiger charge is 2.26. The van der Waals surface area contributed by atoms with Crippen molar-refractivity contribution >= 4 is 17.0 Å². The third-order valence-electron chi connectivity index (χ3n) is 6.22. The summed E-state index contributed by atoms with van der Waals surface area (Å²) in [7, 11) is 0. The lowest BCUT2D eigenvalue weighted by Gasteiger charge is -2.22. The first-order chi connectivity index (χ1) is 14.2. The number of hydrogen-bond donors (Lipinski definition) is 2. The summed E-state index contributed by atoms with van der Waals surface area (Å²) in [6, 6.07) is 6.45. The molecule has 2 aliphatic heterocycles. The zero-order valence-corrected chi connectivity index (χ0v) is 16.4. The van der Waals surface area contributed by atoms with Gasteiger partial charge in [0.25, 0.3) is 0 Å². The Morgan fingerprint density at radius 2 is 2.21 bits per heavy atom. The highest BCUT2D eigenvalue weighted by atomic mass is 16.5. The Balaban J connectivity index is 1.37. The maximum absolute atomic E-state index is 11.2. The highest BCUT2D eigenvalue weighted by molar-refractivity contribution is 5.88. The number of carboxylic acid groups (broad SMARTS) is 1. The minimum atomic E-state index is -0.812. The minimum absolute atomic E-state index is 0.0450. The maximum atomic E-state index is 11.2. The number of amides is 1. The standard InChI is InChI=1S/C22H26N4O3/c27-22(28)25-7-6-15(13-25)9-17-11-23-20-5-4-16(10-19(17)20)18-12-24-26(14-18)21-3-1-2-8-29-21/h4-5,10-12,14-15,21,23H,1-3,6-9,13H2,(H,27,28). The van der Waals surface area contributed by atoms with E-state index in [-0.39, 0.29) is 6.23 Å². The van der Waals surface area contributed by atoms with E-state index in [1.807, 2.05) is 10.9 Å². The van der Waals surface area contributed by atoms with Crippen molar-refractivity contribution < 1.29 is 14.6 Å². The Bertz CT molecular complexity index is 1020. The van der Waals surface area contributed by atoms with Gasteiger partial charge in [0.1, 0.15) is 6.23 Å². The van der Waals surface area contributed by atoms with Crippen LogP contribution in [0.25, 0.3) is 22.0 Å². The molecule has 2 aliphatic rings. The Hall–Kier alpha value is -2.80. The summed E-state index contributed by atoms with van der Waals surface area (Å²) in [5.41, 5.74) is 4.59. The number of ether oxygens (including phenoxy) is 1. The minimum Gasteiger partial charge on any atom is -0.465 e. The number of hydrogen-bond acceptors (Lipinski definition) is 3. The number of nitrogens with one attached hydrogen (secondary N) is 1. The van der Waals surface area contributed by atoms with Crippen LogP contribution in [0.1, 0.15) is 37.5 Å². The van der Waals surface area contributed by atoms with Gasteiger partial charge in [-0.15, -0.1) is 0 Å². The number of likely N-dealkylation sites (tertiary alicyclic amines) is 1. The fourth-order valence-electron chi connectivity index (χ4n) is 4.59. The van der Waals surface area contributed by atoms with Crippen LogP contribution in [0.5, 0.6) is 0 Å². The van der Waals surface area contributed by atoms with Gasteiger partial charge in [-0.25, -0.2) is 9.48 Å². The number of H-pyrrole nitrogens is 1. The van der Waals surface area contributed by atoms with Crippen molar-refractivity contribution in [1.29, 1.82) is 0 Å². The number of rotatable bonds is 4. The smallest absolute Gasteiger partial charge is 0.407 e. The molecule has 29 heavy (non-hydrogen) atoms. The van der Waals surface area contributed by atoms with E-state index in [1.54, 1.807) is 0 Å². The van der Waals surface area contributed by atoms with E-state index >= 15 is 0 Å². The van der Waals surface area contributed by atoms with Crippen LogP contribution < -0.4 is 0 Å². The molecular weight excluding hydrogens is 368 g/mol. The second kappa shape index (κ2) is 7.55. The molecule has 2 atom stereocenters. The SMILES string of the molecule is O=C(O)N1CCC(Cc2c[nH]c3ccc(-c4cnn(C5CCCCO5)c4)cc23)C1. The molecule has 2 saturated heterocycles. The Labute approximate surface area is 169 Å². The van der Waals surface area contributed by atoms with Gasteiger partial charge in [0.05, 0.1) is 6.20 Å². The third kappa shape index (κ3) is 3.62. The number of aromatic amines is 1. The molecule has 0 radical (unpaired) electrons. The molecule has 5 rings (SSSR count). The molecule has 0 bridgehead atoms. The van der Waals surface area contributed by atoms with Crippen molar-refractivity contribution in [2.24, 2.45) is 5.92 Å². The Kier molecular flexibility index (Phi) is 4.75. The predicted octanol–water partition coefficient (Wildman–Crippen LogP) is 4.27. The van der Waals surface area contributed by atoms with Gasteiger partial charge in [0.15, 0.2) is 0 Å². The van der Waals surface area contributed by atoms with Crippen molar-refractivity contribution in [3.63, 3.8) is 0 Å². The van der Waals surface area contributed by atoms with Gasteiger partial charge in [0.2, 0.25) is 0 Å². The summed E-state index contributed by atoms with van der Waals surface area (Å²) in [5, 5.41) is 14.9. The lowest BCUT2D eigenvalue weighted by molar-refractivity contribution is -0.0394. The Morgan fingerprint density at radius 3 is 3.00 bits per heavy atom. The number of fused-ring (bicyclic) bond motifs is 1. The van der Waals surface area contributed by atoms with E-state index in [1.165, 1.54) is 22.3 Å². The first-order valence-corrected chi connectivity index (χ1v) is 10.4. The van der Waals surface area contributed by atoms with Crippen LogP contribution in [0.2, 0.25) is 0 Å². The molecule has 152 valence electrons. The van der Waals surface area contributed by atoms with Crippen LogP contribution in [0.15, 0.2) is 36.8 Å². The van der Waals surface area contributed by atoms with Gasteiger partial charge in [-0.2, -0.15) is 5.10 Å². The second-order valence-electron chi connectivity index (χ2n) is 8.19. The molecule has 2 unspecified atom stereocenters. The number of nitrogens with zero attached hydrogens (tertiary/aromatic N) is 3. The topological polar surface area (TPSA) is 83.4 Å². The van der Waals surface area contributed by atoms with Gasteiger partial charge < -0.3 is 19.7 Å². The monoisotopic (exact) mass is 394 g/mol. The molecule has 1 aromatic carbocycles. The quantitative estimate of drug-likeness (QED) is 0.692. The molecule has 2 aromatic heterocycles. The van der Waals surface area contributed by atoms with Crippen LogP contribution >= 0.6 is 0 Å². The summed E-state index contributed by atoms with van der Waals surface area (Å²) in [6.45, 7) is 2.06. The molecular formula is C22H26N4O3. The van der Waals surface area contributed by atoms with Gasteiger partial charge >= 0.3 is 6.09 Å². The van der Waals surface area contributed by atoms with Crippen LogP contribution in [-0.4, -0.2) is 50.6 Å². The first-order valence-electron chi connectivity index (χ1n) is 10.4. The highest BCUT2D eigenvalue weighted by Crippen LogP contribution is 2.30. The lowest BCUT2D eigenvalue weighted by Crippen LogP contribution is -2.26. The molecule has 0 spiro atoms. The van der Waals surface area contributed by atoms with Crippen molar-refractivity contribution in [1.82, 2.24) is 19.7 Å². The van der Waals surface area contributed by atoms with E-state index in [4.69, 9.17) is 4.74 Å². The average molecular weight is 394 g/mol. The fraction of sp³-hybridized carbons (Fsp3) is 0.455. The first kappa shape index (κ1) is 18.2. The van der Waals surface area contributed by atoms with Crippen LogP contribution in [-0.2, 0) is 11.2 Å². The van der Waals surface area contributed by atoms with E-state index in [0.29, 0.717) is 19.0 Å². The van der Waals surface area contributed by atoms with E-state index in [9.17, 15) is 9.90 Å². The van der Waals surface area contributed by atoms with Crippen LogP contribution in [0, 0.1) is 5.92 Å². The molecule has 3 aromatic rings. The molecule has 7 heteroatoms. The summed E-state index contributed by atoms with van der Waals surface area (Å²) in [4.78, 5) is 16.1. The molecule has 2 fully saturated rings. The van der Waals surface area contributed by atoms with Gasteiger partial charge in [0, 0.05) is 48.6 Å². The average Bonchev–Trinajstić information content (AvgIpc) is 3.49. The lowest BCUT2D eigenvalue weighted by atomic mass is 9.97. The van der Waals surface area contributed by atoms with Gasteiger partial charge in [-0.05, 0) is 61.3 Å².